The highest BCUT2D eigenvalue weighted by atomic mass is 32.2. The quantitative estimate of drug-likeness (QED) is 0.220. The molecule has 1 saturated heterocycles. The first kappa shape index (κ1) is 41.2. The molecule has 2 unspecified atom stereocenters. The number of rotatable bonds is 11. The highest BCUT2D eigenvalue weighted by Gasteiger charge is 2.73. The van der Waals surface area contributed by atoms with Gasteiger partial charge in [0, 0.05) is 34.9 Å². The molecule has 3 saturated carbocycles. The Kier molecular flexibility index (Phi) is 10.7. The minimum absolute atomic E-state index is 0.0272. The third-order valence-electron chi connectivity index (χ3n) is 11.8. The van der Waals surface area contributed by atoms with Crippen LogP contribution in [0.15, 0.2) is 54.6 Å². The van der Waals surface area contributed by atoms with E-state index in [1.807, 2.05) is 69.3 Å². The standard InChI is InChI=1S/C43H55N5O9S/c1-40(2,3)35(45-39(52)57-41(4,5)6)37(50)48-24-28(56-34-23-31(26-13-9-8-10-14-26)44-32-21-27(55-7)15-18-30(32)34)22-33(48)36(49)46-43(25-42(43)19-11-12-20-42)38(51)47-58(53,54)29-16-17-29/h8-10,13-15,18,21,23,28-29,33,35H,11-12,16-17,19-20,22,24-25H2,1-7H3,(H,45,52)(H,46,49)(H,47,51)/t28?,33-,35+,43?/m0/s1. The van der Waals surface area contributed by atoms with Gasteiger partial charge in [-0.15, -0.1) is 0 Å². The maximum absolute atomic E-state index is 14.8. The second-order valence-electron chi connectivity index (χ2n) is 18.4. The fourth-order valence-electron chi connectivity index (χ4n) is 8.60. The minimum atomic E-state index is -3.90. The summed E-state index contributed by atoms with van der Waals surface area (Å²) in [5, 5.41) is 5.85. The Bertz CT molecular complexity index is 2210. The van der Waals surface area contributed by atoms with Gasteiger partial charge in [0.05, 0.1) is 30.1 Å². The van der Waals surface area contributed by atoms with Crippen LogP contribution in [0.1, 0.15) is 92.9 Å². The SMILES string of the molecule is COc1ccc2c(OC3C[C@@H](C(=O)NC4(C(=O)NS(=O)(=O)C5CC5)CC45CCCC5)N(C(=O)[C@@H](NC(=O)OC(C)(C)C)C(C)(C)C)C3)cc(-c3ccccc3)nc2c1. The zero-order valence-corrected chi connectivity index (χ0v) is 35.2. The van der Waals surface area contributed by atoms with Crippen molar-refractivity contribution in [2.75, 3.05) is 13.7 Å². The minimum Gasteiger partial charge on any atom is -0.497 e. The topological polar surface area (TPSA) is 182 Å². The van der Waals surface area contributed by atoms with Gasteiger partial charge in [-0.3, -0.25) is 19.1 Å². The lowest BCUT2D eigenvalue weighted by Crippen LogP contribution is -2.61. The average molecular weight is 818 g/mol. The number of ether oxygens (including phenoxy) is 3. The van der Waals surface area contributed by atoms with Crippen LogP contribution in [0, 0.1) is 10.8 Å². The first-order chi connectivity index (χ1) is 27.2. The number of methoxy groups -OCH3 is 1. The molecule has 58 heavy (non-hydrogen) atoms. The van der Waals surface area contributed by atoms with Crippen LogP contribution in [0.5, 0.6) is 11.5 Å². The van der Waals surface area contributed by atoms with E-state index in [0.717, 1.165) is 18.4 Å². The summed E-state index contributed by atoms with van der Waals surface area (Å²) < 4.78 is 46.1. The molecule has 14 nitrogen and oxygen atoms in total. The molecule has 1 aliphatic heterocycles. The highest BCUT2D eigenvalue weighted by molar-refractivity contribution is 7.91. The number of aromatic nitrogens is 1. The van der Waals surface area contributed by atoms with Gasteiger partial charge in [-0.05, 0) is 70.4 Å². The van der Waals surface area contributed by atoms with Crippen molar-refractivity contribution in [2.24, 2.45) is 10.8 Å². The van der Waals surface area contributed by atoms with Crippen molar-refractivity contribution in [1.82, 2.24) is 25.2 Å². The molecule has 2 aromatic carbocycles. The molecular formula is C43H55N5O9S. The number of carbonyl (C=O) groups excluding carboxylic acids is 4. The molecular weight excluding hydrogens is 763 g/mol. The first-order valence-electron chi connectivity index (χ1n) is 20.1. The predicted molar refractivity (Wildman–Crippen MR) is 217 cm³/mol. The number of hydrogen-bond acceptors (Lipinski definition) is 10. The molecule has 2 heterocycles. The van der Waals surface area contributed by atoms with E-state index in [0.29, 0.717) is 60.2 Å². The molecule has 4 amide bonds. The fraction of sp³-hybridized carbons (Fsp3) is 0.558. The molecule has 4 aliphatic rings. The molecule has 4 fully saturated rings. The molecule has 1 aromatic heterocycles. The molecule has 312 valence electrons. The summed E-state index contributed by atoms with van der Waals surface area (Å²) in [7, 11) is -2.32. The van der Waals surface area contributed by atoms with Crippen molar-refractivity contribution in [1.29, 1.82) is 0 Å². The van der Waals surface area contributed by atoms with E-state index in [4.69, 9.17) is 19.2 Å². The van der Waals surface area contributed by atoms with Crippen molar-refractivity contribution in [3.63, 3.8) is 0 Å². The number of amides is 4. The highest BCUT2D eigenvalue weighted by Crippen LogP contribution is 2.66. The maximum Gasteiger partial charge on any atom is 0.408 e. The number of fused-ring (bicyclic) bond motifs is 1. The lowest BCUT2D eigenvalue weighted by Gasteiger charge is -2.36. The monoisotopic (exact) mass is 817 g/mol. The van der Waals surface area contributed by atoms with Crippen LogP contribution in [0.4, 0.5) is 4.79 Å². The number of benzene rings is 2. The smallest absolute Gasteiger partial charge is 0.408 e. The Morgan fingerprint density at radius 2 is 1.64 bits per heavy atom. The van der Waals surface area contributed by atoms with Gasteiger partial charge in [-0.25, -0.2) is 18.2 Å². The zero-order chi connectivity index (χ0) is 41.8. The summed E-state index contributed by atoms with van der Waals surface area (Å²) in [6.07, 6.45) is 2.85. The number of carbonyl (C=O) groups is 4. The lowest BCUT2D eigenvalue weighted by atomic mass is 9.85. The lowest BCUT2D eigenvalue weighted by molar-refractivity contribution is -0.143. The van der Waals surface area contributed by atoms with Crippen molar-refractivity contribution in [3.05, 3.63) is 54.6 Å². The summed E-state index contributed by atoms with van der Waals surface area (Å²) in [5.74, 6) is -0.761. The molecule has 15 heteroatoms. The Morgan fingerprint density at radius 3 is 2.26 bits per heavy atom. The normalized spacial score (nSPS) is 23.3. The molecule has 1 spiro atoms. The van der Waals surface area contributed by atoms with Gasteiger partial charge in [-0.1, -0.05) is 63.9 Å². The Labute approximate surface area is 340 Å². The van der Waals surface area contributed by atoms with Crippen LogP contribution in [0.25, 0.3) is 22.2 Å². The van der Waals surface area contributed by atoms with Crippen LogP contribution in [-0.4, -0.2) is 90.3 Å². The summed E-state index contributed by atoms with van der Waals surface area (Å²) in [5.41, 5.74) is -1.54. The number of pyridine rings is 1. The maximum atomic E-state index is 14.8. The molecule has 0 radical (unpaired) electrons. The Hall–Kier alpha value is -4.92. The number of nitrogens with one attached hydrogen (secondary N) is 3. The van der Waals surface area contributed by atoms with Crippen LogP contribution in [-0.2, 0) is 29.1 Å². The van der Waals surface area contributed by atoms with Gasteiger partial charge in [0.25, 0.3) is 5.91 Å². The zero-order valence-electron chi connectivity index (χ0n) is 34.3. The van der Waals surface area contributed by atoms with Crippen LogP contribution >= 0.6 is 0 Å². The van der Waals surface area contributed by atoms with Crippen molar-refractivity contribution in [3.8, 4) is 22.8 Å². The van der Waals surface area contributed by atoms with Crippen LogP contribution in [0.3, 0.4) is 0 Å². The van der Waals surface area contributed by atoms with E-state index in [9.17, 15) is 27.6 Å². The number of alkyl carbamates (subject to hydrolysis) is 1. The number of nitrogens with zero attached hydrogens (tertiary/aromatic N) is 2. The summed E-state index contributed by atoms with van der Waals surface area (Å²) in [4.78, 5) is 63.0. The van der Waals surface area contributed by atoms with Gasteiger partial charge < -0.3 is 29.7 Å². The molecule has 4 atom stereocenters. The third-order valence-corrected chi connectivity index (χ3v) is 13.7. The largest absolute Gasteiger partial charge is 0.497 e. The number of likely N-dealkylation sites (tertiary alicyclic amines) is 1. The van der Waals surface area contributed by atoms with E-state index < -0.39 is 79.2 Å². The summed E-state index contributed by atoms with van der Waals surface area (Å²) in [6, 6.07) is 14.7. The van der Waals surface area contributed by atoms with Gasteiger partial charge >= 0.3 is 6.09 Å². The van der Waals surface area contributed by atoms with Crippen LogP contribution < -0.4 is 24.8 Å². The Balaban J connectivity index is 1.23. The first-order valence-corrected chi connectivity index (χ1v) is 21.7. The van der Waals surface area contributed by atoms with Gasteiger partial charge in [0.1, 0.15) is 40.8 Å². The third kappa shape index (κ3) is 8.32. The molecule has 3 aliphatic carbocycles. The average Bonchev–Trinajstić information content (AvgIpc) is 4.00. The number of sulfonamides is 1. The van der Waals surface area contributed by atoms with Gasteiger partial charge in [-0.2, -0.15) is 0 Å². The second-order valence-corrected chi connectivity index (χ2v) is 20.4. The van der Waals surface area contributed by atoms with E-state index in [2.05, 4.69) is 15.4 Å². The molecule has 7 rings (SSSR count). The van der Waals surface area contributed by atoms with Crippen molar-refractivity contribution >= 4 is 44.7 Å². The van der Waals surface area contributed by atoms with Crippen molar-refractivity contribution in [2.45, 2.75) is 127 Å². The number of hydrogen-bond donors (Lipinski definition) is 3. The summed E-state index contributed by atoms with van der Waals surface area (Å²) in [6.45, 7) is 10.6. The molecule has 0 bridgehead atoms. The molecule has 3 N–H and O–H groups in total. The van der Waals surface area contributed by atoms with E-state index in [-0.39, 0.29) is 13.0 Å². The van der Waals surface area contributed by atoms with Crippen LogP contribution in [0.2, 0.25) is 0 Å². The van der Waals surface area contributed by atoms with E-state index in [1.54, 1.807) is 33.9 Å². The molecule has 3 aromatic rings. The van der Waals surface area contributed by atoms with Gasteiger partial charge in [0.2, 0.25) is 21.8 Å². The second kappa shape index (κ2) is 15.0. The predicted octanol–water partition coefficient (Wildman–Crippen LogP) is 5.63. The van der Waals surface area contributed by atoms with Gasteiger partial charge in [0.15, 0.2) is 0 Å². The Morgan fingerprint density at radius 1 is 0.948 bits per heavy atom. The fourth-order valence-corrected chi connectivity index (χ4v) is 9.95. The van der Waals surface area contributed by atoms with E-state index in [1.165, 1.54) is 4.90 Å². The summed E-state index contributed by atoms with van der Waals surface area (Å²) >= 11 is 0. The van der Waals surface area contributed by atoms with Crippen molar-refractivity contribution < 1.29 is 41.8 Å². The van der Waals surface area contributed by atoms with E-state index >= 15 is 0 Å².